The zero-order valence-corrected chi connectivity index (χ0v) is 27.7. The molecule has 2 atom stereocenters. The number of benzene rings is 2. The van der Waals surface area contributed by atoms with Crippen LogP contribution in [-0.4, -0.2) is 76.4 Å². The second-order valence-corrected chi connectivity index (χ2v) is 14.9. The van der Waals surface area contributed by atoms with E-state index < -0.39 is 14.9 Å². The number of hydrogen-bond acceptors (Lipinski definition) is 9. The molecule has 3 aliphatic rings. The van der Waals surface area contributed by atoms with Crippen molar-refractivity contribution in [3.63, 3.8) is 0 Å². The SMILES string of the molecule is CCc1c(F)ccc2cc(OCOC)cc(-c3ncc4c(N5CCCOC6CC65)nc(OCC5(CO[Si](C)C)CC5)nc4c3F)c12. The first-order valence-corrected chi connectivity index (χ1v) is 18.4. The van der Waals surface area contributed by atoms with Crippen LogP contribution in [0.2, 0.25) is 13.1 Å². The minimum atomic E-state index is -0.833. The number of anilines is 1. The fourth-order valence-electron chi connectivity index (χ4n) is 6.31. The van der Waals surface area contributed by atoms with Crippen LogP contribution in [-0.2, 0) is 20.3 Å². The summed E-state index contributed by atoms with van der Waals surface area (Å²) < 4.78 is 61.2. The zero-order chi connectivity index (χ0) is 32.0. The maximum atomic E-state index is 17.0. The Bertz CT molecular complexity index is 1770. The van der Waals surface area contributed by atoms with E-state index in [1.165, 1.54) is 13.2 Å². The summed E-state index contributed by atoms with van der Waals surface area (Å²) >= 11 is 0. The van der Waals surface area contributed by atoms with E-state index in [1.54, 1.807) is 24.4 Å². The molecule has 1 aliphatic heterocycles. The molecule has 1 radical (unpaired) electrons. The molecule has 46 heavy (non-hydrogen) atoms. The number of nitrogens with zero attached hydrogens (tertiary/aromatic N) is 4. The summed E-state index contributed by atoms with van der Waals surface area (Å²) in [4.78, 5) is 16.4. The molecule has 2 aliphatic carbocycles. The average molecular weight is 650 g/mol. The summed E-state index contributed by atoms with van der Waals surface area (Å²) in [6.07, 6.45) is 5.89. The number of aromatic nitrogens is 3. The largest absolute Gasteiger partial charge is 0.468 e. The van der Waals surface area contributed by atoms with Gasteiger partial charge in [0.2, 0.25) is 9.04 Å². The van der Waals surface area contributed by atoms with E-state index in [2.05, 4.69) is 28.0 Å². The van der Waals surface area contributed by atoms with Crippen molar-refractivity contribution < 1.29 is 32.2 Å². The van der Waals surface area contributed by atoms with Gasteiger partial charge >= 0.3 is 6.01 Å². The van der Waals surface area contributed by atoms with E-state index in [9.17, 15) is 0 Å². The fourth-order valence-corrected chi connectivity index (χ4v) is 6.91. The molecule has 0 bridgehead atoms. The summed E-state index contributed by atoms with van der Waals surface area (Å²) in [6, 6.07) is 6.86. The maximum absolute atomic E-state index is 17.0. The minimum Gasteiger partial charge on any atom is -0.468 e. The van der Waals surface area contributed by atoms with Gasteiger partial charge < -0.3 is 28.3 Å². The van der Waals surface area contributed by atoms with E-state index in [0.717, 1.165) is 25.7 Å². The molecule has 3 fully saturated rings. The smallest absolute Gasteiger partial charge is 0.319 e. The summed E-state index contributed by atoms with van der Waals surface area (Å²) in [5.41, 5.74) is 0.977. The van der Waals surface area contributed by atoms with Gasteiger partial charge in [-0.2, -0.15) is 9.97 Å². The first kappa shape index (κ1) is 31.2. The van der Waals surface area contributed by atoms with Crippen LogP contribution in [0.15, 0.2) is 30.5 Å². The molecule has 2 saturated carbocycles. The first-order chi connectivity index (χ1) is 22.3. The zero-order valence-electron chi connectivity index (χ0n) is 26.7. The number of fused-ring (bicyclic) bond motifs is 3. The van der Waals surface area contributed by atoms with Gasteiger partial charge in [-0.25, -0.2) is 8.78 Å². The number of ether oxygens (including phenoxy) is 4. The standard InChI is InChI=1S/C34H39F2N4O5Si/c1-5-22-25(35)8-7-20-13-21(44-19-41-2)14-23(28(20)22)30-29(36)31-24(16-37-30)32(40-11-6-12-42-27-15-26(27)40)39-33(38-31)43-17-34(9-10-34)18-45-46(3)4/h7-8,13-14,16,26-27H,5-6,9-12,15,17-19H2,1-4H3. The Hall–Kier alpha value is -3.45. The summed E-state index contributed by atoms with van der Waals surface area (Å²) in [7, 11) is 0.693. The third-order valence-corrected chi connectivity index (χ3v) is 9.84. The predicted octanol–water partition coefficient (Wildman–Crippen LogP) is 6.46. The fraction of sp³-hybridized carbons (Fsp3) is 0.500. The van der Waals surface area contributed by atoms with Crippen LogP contribution in [0.1, 0.15) is 38.2 Å². The third-order valence-electron chi connectivity index (χ3n) is 9.12. The van der Waals surface area contributed by atoms with Crippen LogP contribution < -0.4 is 14.4 Å². The van der Waals surface area contributed by atoms with Crippen molar-refractivity contribution in [1.82, 2.24) is 15.0 Å². The number of methoxy groups -OCH3 is 1. The van der Waals surface area contributed by atoms with Gasteiger partial charge in [0.15, 0.2) is 12.6 Å². The molecule has 0 N–H and O–H groups in total. The van der Waals surface area contributed by atoms with E-state index in [0.29, 0.717) is 71.6 Å². The van der Waals surface area contributed by atoms with Crippen molar-refractivity contribution in [2.24, 2.45) is 5.41 Å². The van der Waals surface area contributed by atoms with Gasteiger partial charge in [0.25, 0.3) is 0 Å². The van der Waals surface area contributed by atoms with E-state index in [1.807, 2.05) is 6.92 Å². The Morgan fingerprint density at radius 1 is 1.11 bits per heavy atom. The predicted molar refractivity (Wildman–Crippen MR) is 173 cm³/mol. The molecule has 7 rings (SSSR count). The lowest BCUT2D eigenvalue weighted by molar-refractivity contribution is 0.0512. The van der Waals surface area contributed by atoms with Crippen LogP contribution in [0.4, 0.5) is 14.6 Å². The monoisotopic (exact) mass is 649 g/mol. The highest BCUT2D eigenvalue weighted by atomic mass is 28.3. The van der Waals surface area contributed by atoms with Crippen molar-refractivity contribution in [2.75, 3.05) is 45.2 Å². The quantitative estimate of drug-likeness (QED) is 0.127. The Morgan fingerprint density at radius 2 is 1.96 bits per heavy atom. The Balaban J connectivity index is 1.36. The van der Waals surface area contributed by atoms with Gasteiger partial charge in [-0.3, -0.25) is 4.98 Å². The van der Waals surface area contributed by atoms with Crippen LogP contribution >= 0.6 is 0 Å². The van der Waals surface area contributed by atoms with E-state index in [-0.39, 0.29) is 47.4 Å². The number of pyridine rings is 1. The molecular weight excluding hydrogens is 610 g/mol. The molecule has 12 heteroatoms. The van der Waals surface area contributed by atoms with Gasteiger partial charge in [0.1, 0.15) is 28.6 Å². The van der Waals surface area contributed by atoms with Crippen molar-refractivity contribution in [1.29, 1.82) is 0 Å². The van der Waals surface area contributed by atoms with Crippen LogP contribution in [0, 0.1) is 17.0 Å². The molecule has 0 spiro atoms. The highest BCUT2D eigenvalue weighted by Crippen LogP contribution is 2.47. The molecular formula is C34H39F2N4O5Si. The number of hydrogen-bond donors (Lipinski definition) is 0. The molecule has 4 aromatic rings. The lowest BCUT2D eigenvalue weighted by atomic mass is 9.94. The number of rotatable bonds is 12. The molecule has 2 unspecified atom stereocenters. The van der Waals surface area contributed by atoms with Crippen LogP contribution in [0.25, 0.3) is 32.9 Å². The molecule has 3 heterocycles. The Kier molecular flexibility index (Phi) is 8.55. The minimum absolute atomic E-state index is 0.00467. The molecule has 0 amide bonds. The second-order valence-electron chi connectivity index (χ2n) is 12.8. The van der Waals surface area contributed by atoms with E-state index in [4.69, 9.17) is 28.4 Å². The normalized spacial score (nSPS) is 20.2. The number of aryl methyl sites for hydroxylation is 1. The molecule has 9 nitrogen and oxygen atoms in total. The van der Waals surface area contributed by atoms with Crippen molar-refractivity contribution >= 4 is 36.5 Å². The molecule has 2 aromatic heterocycles. The Labute approximate surface area is 268 Å². The highest BCUT2D eigenvalue weighted by Gasteiger charge is 2.46. The van der Waals surface area contributed by atoms with Gasteiger partial charge in [-0.1, -0.05) is 13.0 Å². The lowest BCUT2D eigenvalue weighted by Crippen LogP contribution is -2.29. The highest BCUT2D eigenvalue weighted by molar-refractivity contribution is 6.48. The lowest BCUT2D eigenvalue weighted by Gasteiger charge is -2.24. The maximum Gasteiger partial charge on any atom is 0.319 e. The molecule has 2 aromatic carbocycles. The second kappa shape index (κ2) is 12.6. The topological polar surface area (TPSA) is 88.1 Å². The summed E-state index contributed by atoms with van der Waals surface area (Å²) in [5, 5.41) is 1.78. The third kappa shape index (κ3) is 6.03. The van der Waals surface area contributed by atoms with Crippen LogP contribution in [0.3, 0.4) is 0 Å². The Morgan fingerprint density at radius 3 is 2.72 bits per heavy atom. The first-order valence-electron chi connectivity index (χ1n) is 16.0. The van der Waals surface area contributed by atoms with Gasteiger partial charge in [-0.05, 0) is 79.7 Å². The van der Waals surface area contributed by atoms with Crippen molar-refractivity contribution in [3.05, 3.63) is 47.7 Å². The van der Waals surface area contributed by atoms with Crippen LogP contribution in [0.5, 0.6) is 11.8 Å². The average Bonchev–Trinajstić information content (AvgIpc) is 3.97. The summed E-state index contributed by atoms with van der Waals surface area (Å²) in [6.45, 7) is 8.53. The van der Waals surface area contributed by atoms with Gasteiger partial charge in [-0.15, -0.1) is 0 Å². The number of halogens is 2. The van der Waals surface area contributed by atoms with Crippen molar-refractivity contribution in [2.45, 2.75) is 64.3 Å². The molecule has 243 valence electrons. The van der Waals surface area contributed by atoms with Crippen molar-refractivity contribution in [3.8, 4) is 23.0 Å². The van der Waals surface area contributed by atoms with Gasteiger partial charge in [0, 0.05) is 44.0 Å². The van der Waals surface area contributed by atoms with Gasteiger partial charge in [0.05, 0.1) is 24.1 Å². The molecule has 1 saturated heterocycles. The summed E-state index contributed by atoms with van der Waals surface area (Å²) in [5.74, 6) is 0.0568. The van der Waals surface area contributed by atoms with E-state index >= 15 is 8.78 Å².